The van der Waals surface area contributed by atoms with Crippen LogP contribution in [0, 0.1) is 5.92 Å². The summed E-state index contributed by atoms with van der Waals surface area (Å²) in [7, 11) is -3.08. The summed E-state index contributed by atoms with van der Waals surface area (Å²) in [5, 5.41) is 0. The zero-order valence-corrected chi connectivity index (χ0v) is 10.5. The third kappa shape index (κ3) is 2.29. The lowest BCUT2D eigenvalue weighted by molar-refractivity contribution is 0.117. The van der Waals surface area contributed by atoms with Gasteiger partial charge in [0.2, 0.25) is 0 Å². The van der Waals surface area contributed by atoms with Crippen molar-refractivity contribution < 1.29 is 12.8 Å². The number of sulfone groups is 1. The van der Waals surface area contributed by atoms with Crippen LogP contribution >= 0.6 is 0 Å². The van der Waals surface area contributed by atoms with E-state index in [0.29, 0.717) is 17.7 Å². The predicted octanol–water partition coefficient (Wildman–Crippen LogP) is 1.89. The number of alkyl halides is 1. The molecule has 0 bridgehead atoms. The topological polar surface area (TPSA) is 60.2 Å². The predicted molar refractivity (Wildman–Crippen MR) is 66.1 cm³/mol. The van der Waals surface area contributed by atoms with Crippen LogP contribution in [0.4, 0.5) is 10.1 Å². The van der Waals surface area contributed by atoms with Crippen molar-refractivity contribution in [3.05, 3.63) is 29.8 Å². The van der Waals surface area contributed by atoms with Crippen LogP contribution in [0.15, 0.2) is 24.3 Å². The second-order valence-electron chi connectivity index (χ2n) is 4.76. The van der Waals surface area contributed by atoms with E-state index in [0.717, 1.165) is 0 Å². The van der Waals surface area contributed by atoms with Crippen molar-refractivity contribution in [3.63, 3.8) is 0 Å². The van der Waals surface area contributed by atoms with Crippen molar-refractivity contribution in [2.45, 2.75) is 19.0 Å². The highest BCUT2D eigenvalue weighted by molar-refractivity contribution is 7.91. The maximum absolute atomic E-state index is 14.8. The Kier molecular flexibility index (Phi) is 2.89. The average Bonchev–Trinajstić information content (AvgIpc) is 2.60. The van der Waals surface area contributed by atoms with Crippen molar-refractivity contribution in [2.24, 2.45) is 5.92 Å². The lowest BCUT2D eigenvalue weighted by Crippen LogP contribution is -2.29. The highest BCUT2D eigenvalue weighted by Gasteiger charge is 2.43. The summed E-state index contributed by atoms with van der Waals surface area (Å²) >= 11 is 0. The van der Waals surface area contributed by atoms with Crippen LogP contribution in [0.5, 0.6) is 0 Å². The van der Waals surface area contributed by atoms with Gasteiger partial charge in [0.15, 0.2) is 9.84 Å². The van der Waals surface area contributed by atoms with E-state index >= 15 is 0 Å². The number of rotatable bonds is 2. The molecule has 0 radical (unpaired) electrons. The molecule has 3 nitrogen and oxygen atoms in total. The Bertz CT molecular complexity index is 525. The van der Waals surface area contributed by atoms with Crippen LogP contribution < -0.4 is 5.73 Å². The molecular formula is C12H16FNO2S. The monoisotopic (exact) mass is 257 g/mol. The van der Waals surface area contributed by atoms with E-state index < -0.39 is 21.4 Å². The number of anilines is 1. The molecule has 0 amide bonds. The zero-order chi connectivity index (χ0) is 12.7. The minimum absolute atomic E-state index is 0.0733. The Morgan fingerprint density at radius 1 is 1.41 bits per heavy atom. The van der Waals surface area contributed by atoms with Gasteiger partial charge < -0.3 is 5.73 Å². The molecule has 1 aliphatic heterocycles. The van der Waals surface area contributed by atoms with Gasteiger partial charge >= 0.3 is 0 Å². The number of nitrogens with two attached hydrogens (primary N) is 1. The van der Waals surface area contributed by atoms with Crippen molar-refractivity contribution in [2.75, 3.05) is 17.2 Å². The smallest absolute Gasteiger partial charge is 0.150 e. The number of para-hydroxylation sites is 1. The third-order valence-corrected chi connectivity index (χ3v) is 5.25. The minimum atomic E-state index is -3.08. The van der Waals surface area contributed by atoms with E-state index in [1.54, 1.807) is 24.3 Å². The van der Waals surface area contributed by atoms with Gasteiger partial charge in [-0.25, -0.2) is 12.8 Å². The molecule has 2 atom stereocenters. The number of hydrogen-bond donors (Lipinski definition) is 1. The maximum Gasteiger partial charge on any atom is 0.150 e. The summed E-state index contributed by atoms with van der Waals surface area (Å²) in [6, 6.07) is 6.71. The Morgan fingerprint density at radius 2 is 2.06 bits per heavy atom. The van der Waals surface area contributed by atoms with Crippen LogP contribution in [0.3, 0.4) is 0 Å². The van der Waals surface area contributed by atoms with Crippen molar-refractivity contribution in [3.8, 4) is 0 Å². The molecule has 17 heavy (non-hydrogen) atoms. The fourth-order valence-electron chi connectivity index (χ4n) is 2.38. The van der Waals surface area contributed by atoms with Crippen LogP contribution in [0.25, 0.3) is 0 Å². The molecule has 0 aromatic heterocycles. The van der Waals surface area contributed by atoms with Crippen LogP contribution in [-0.4, -0.2) is 19.9 Å². The van der Waals surface area contributed by atoms with E-state index in [4.69, 9.17) is 5.73 Å². The summed E-state index contributed by atoms with van der Waals surface area (Å²) in [4.78, 5) is 0. The molecular weight excluding hydrogens is 241 g/mol. The van der Waals surface area contributed by atoms with Crippen molar-refractivity contribution in [1.29, 1.82) is 0 Å². The van der Waals surface area contributed by atoms with Gasteiger partial charge in [0.05, 0.1) is 11.5 Å². The van der Waals surface area contributed by atoms with E-state index in [2.05, 4.69) is 0 Å². The maximum atomic E-state index is 14.8. The Labute approximate surface area is 101 Å². The standard InChI is InChI=1S/C12H16FNO2S/c1-12(13,9-6-7-17(15,16)8-9)10-4-2-3-5-11(10)14/h2-5,9H,6-8,14H2,1H3. The number of nitrogen functional groups attached to an aromatic ring is 1. The molecule has 1 aromatic carbocycles. The summed E-state index contributed by atoms with van der Waals surface area (Å²) in [5.41, 5.74) is 4.83. The Hall–Kier alpha value is -1.10. The van der Waals surface area contributed by atoms with Crippen molar-refractivity contribution in [1.82, 2.24) is 0 Å². The van der Waals surface area contributed by atoms with Gasteiger partial charge in [0, 0.05) is 17.2 Å². The highest BCUT2D eigenvalue weighted by Crippen LogP contribution is 2.41. The molecule has 0 saturated carbocycles. The molecule has 2 unspecified atom stereocenters. The van der Waals surface area contributed by atoms with E-state index in [1.807, 2.05) is 0 Å². The first-order valence-corrected chi connectivity index (χ1v) is 7.39. The summed E-state index contributed by atoms with van der Waals surface area (Å²) in [6.45, 7) is 1.42. The quantitative estimate of drug-likeness (QED) is 0.823. The SMILES string of the molecule is CC(F)(c1ccccc1N)C1CCS(=O)(=O)C1. The molecule has 0 spiro atoms. The lowest BCUT2D eigenvalue weighted by Gasteiger charge is -2.28. The normalized spacial score (nSPS) is 26.6. The third-order valence-electron chi connectivity index (χ3n) is 3.49. The second-order valence-corrected chi connectivity index (χ2v) is 6.99. The van der Waals surface area contributed by atoms with E-state index in [9.17, 15) is 12.8 Å². The molecule has 1 saturated heterocycles. The Balaban J connectivity index is 2.35. The van der Waals surface area contributed by atoms with Gasteiger partial charge in [0.1, 0.15) is 5.67 Å². The lowest BCUT2D eigenvalue weighted by atomic mass is 9.83. The van der Waals surface area contributed by atoms with Gasteiger partial charge in [-0.2, -0.15) is 0 Å². The van der Waals surface area contributed by atoms with Gasteiger partial charge in [-0.05, 0) is 19.4 Å². The largest absolute Gasteiger partial charge is 0.398 e. The highest BCUT2D eigenvalue weighted by atomic mass is 32.2. The zero-order valence-electron chi connectivity index (χ0n) is 9.69. The molecule has 1 heterocycles. The number of hydrogen-bond acceptors (Lipinski definition) is 3. The van der Waals surface area contributed by atoms with Gasteiger partial charge in [-0.15, -0.1) is 0 Å². The molecule has 94 valence electrons. The van der Waals surface area contributed by atoms with E-state index in [1.165, 1.54) is 6.92 Å². The minimum Gasteiger partial charge on any atom is -0.398 e. The second kappa shape index (κ2) is 3.98. The number of halogens is 1. The molecule has 1 aliphatic rings. The fourth-order valence-corrected chi connectivity index (χ4v) is 4.29. The molecule has 5 heteroatoms. The van der Waals surface area contributed by atoms with Crippen LogP contribution in [0.1, 0.15) is 18.9 Å². The first-order chi connectivity index (χ1) is 7.83. The molecule has 2 N–H and O–H groups in total. The molecule has 2 rings (SSSR count). The summed E-state index contributed by atoms with van der Waals surface area (Å²) < 4.78 is 37.6. The molecule has 1 aromatic rings. The average molecular weight is 257 g/mol. The molecule has 0 aliphatic carbocycles. The Morgan fingerprint density at radius 3 is 2.59 bits per heavy atom. The van der Waals surface area contributed by atoms with Crippen LogP contribution in [-0.2, 0) is 15.5 Å². The van der Waals surface area contributed by atoms with Crippen LogP contribution in [0.2, 0.25) is 0 Å². The van der Waals surface area contributed by atoms with Gasteiger partial charge in [0.25, 0.3) is 0 Å². The fraction of sp³-hybridized carbons (Fsp3) is 0.500. The summed E-state index contributed by atoms with van der Waals surface area (Å²) in [6.07, 6.45) is 0.365. The van der Waals surface area contributed by atoms with Gasteiger partial charge in [-0.3, -0.25) is 0 Å². The van der Waals surface area contributed by atoms with E-state index in [-0.39, 0.29) is 11.5 Å². The van der Waals surface area contributed by atoms with Crippen molar-refractivity contribution >= 4 is 15.5 Å². The summed E-state index contributed by atoms with van der Waals surface area (Å²) in [5.74, 6) is -0.518. The number of benzene rings is 1. The molecule has 1 fully saturated rings. The first-order valence-electron chi connectivity index (χ1n) is 5.57. The first kappa shape index (κ1) is 12.4. The van der Waals surface area contributed by atoms with Gasteiger partial charge in [-0.1, -0.05) is 18.2 Å².